The zero-order chi connectivity index (χ0) is 51.3. The second kappa shape index (κ2) is 25.1. The molecule has 0 atom stereocenters. The van der Waals surface area contributed by atoms with Gasteiger partial charge < -0.3 is 18.9 Å². The van der Waals surface area contributed by atoms with Crippen LogP contribution in [0, 0.1) is 0 Å². The van der Waals surface area contributed by atoms with E-state index in [4.69, 9.17) is 18.9 Å². The van der Waals surface area contributed by atoms with E-state index in [0.29, 0.717) is 37.5 Å². The molecule has 0 aromatic heterocycles. The number of carbonyl (C=O) groups is 1. The molecule has 7 fully saturated rings. The number of hydrogen-bond acceptors (Lipinski definition) is 5. The van der Waals surface area contributed by atoms with Gasteiger partial charge in [-0.15, -0.1) is 0 Å². The zero-order valence-corrected chi connectivity index (χ0v) is 47.6. The van der Waals surface area contributed by atoms with Crippen LogP contribution in [-0.2, 0) is 23.7 Å². The SMILES string of the molecule is BrP(c1ccccc1)(c1ccccc1)(c1ccccc1)C1CCCC1.C1CCC(=C2CCC3(CC2)OCCO3)C1.O=C1CCC2(CC1)OCCO2.c1ccc(P(=C2CCCC2)(c2ccccc2)c2ccccc2)cc1. The molecule has 5 saturated carbocycles. The van der Waals surface area contributed by atoms with Gasteiger partial charge in [0.1, 0.15) is 5.78 Å². The van der Waals surface area contributed by atoms with E-state index in [0.717, 1.165) is 38.9 Å². The van der Waals surface area contributed by atoms with Crippen molar-refractivity contribution in [1.29, 1.82) is 0 Å². The van der Waals surface area contributed by atoms with Crippen LogP contribution in [-0.4, -0.2) is 54.7 Å². The summed E-state index contributed by atoms with van der Waals surface area (Å²) in [6.07, 6.45) is 23.4. The van der Waals surface area contributed by atoms with Gasteiger partial charge in [0, 0.05) is 38.5 Å². The minimum atomic E-state index is -2.69. The summed E-state index contributed by atoms with van der Waals surface area (Å²) in [5.41, 5.74) is 4.15. The van der Waals surface area contributed by atoms with Gasteiger partial charge in [-0.25, -0.2) is 0 Å². The normalized spacial score (nSPS) is 20.8. The fourth-order valence-electron chi connectivity index (χ4n) is 13.6. The van der Waals surface area contributed by atoms with Crippen molar-refractivity contribution < 1.29 is 23.7 Å². The van der Waals surface area contributed by atoms with Gasteiger partial charge in [-0.05, 0) is 87.0 Å². The largest absolute Gasteiger partial charge is 0.348 e. The molecule has 2 heterocycles. The van der Waals surface area contributed by atoms with Crippen molar-refractivity contribution in [3.63, 3.8) is 0 Å². The van der Waals surface area contributed by atoms with E-state index in [-0.39, 0.29) is 11.6 Å². The van der Waals surface area contributed by atoms with E-state index in [1.54, 1.807) is 16.4 Å². The smallest absolute Gasteiger partial charge is 0.169 e. The molecular formula is C67H79BrO5P2. The maximum absolute atomic E-state index is 10.9. The first-order valence-corrected chi connectivity index (χ1v) is 34.6. The van der Waals surface area contributed by atoms with Crippen molar-refractivity contribution in [2.45, 2.75) is 146 Å². The van der Waals surface area contributed by atoms with Crippen molar-refractivity contribution in [3.8, 4) is 0 Å². The Hall–Kier alpha value is -4.22. The van der Waals surface area contributed by atoms with E-state index in [9.17, 15) is 4.79 Å². The number of ether oxygens (including phenoxy) is 4. The minimum absolute atomic E-state index is 0.178. The number of halogens is 1. The van der Waals surface area contributed by atoms with Gasteiger partial charge in [0.25, 0.3) is 0 Å². The maximum Gasteiger partial charge on any atom is 0.169 e. The summed E-state index contributed by atoms with van der Waals surface area (Å²) in [6, 6.07) is 67.2. The number of carbonyl (C=O) groups excluding carboxylic acids is 1. The summed E-state index contributed by atoms with van der Waals surface area (Å²) in [7, 11) is 0. The average Bonchev–Trinajstić information content (AvgIpc) is 4.39. The van der Waals surface area contributed by atoms with Crippen LogP contribution in [0.15, 0.2) is 193 Å². The van der Waals surface area contributed by atoms with Crippen molar-refractivity contribution in [2.75, 3.05) is 26.4 Å². The fourth-order valence-corrected chi connectivity index (χ4v) is 27.6. The number of ketones is 1. The van der Waals surface area contributed by atoms with Crippen LogP contribution in [0.4, 0.5) is 0 Å². The zero-order valence-electron chi connectivity index (χ0n) is 44.2. The molecule has 5 aliphatic carbocycles. The third-order valence-electron chi connectivity index (χ3n) is 17.4. The standard InChI is InChI=1S/C23H24BrP.C23H23P.C13H20O2.C8H12O3/c24-25(23-18-10-11-19-23,20-12-4-1-5-13-20,21-14-6-2-7-15-21)22-16-8-3-9-17-22;1-4-12-20(13-5-1)24(23-18-10-11-19-23,21-14-6-2-7-15-21)22-16-8-3-9-17-22;1-2-4-11(3-1)12-5-7-13(8-6-12)14-9-10-15-13;9-7-1-3-8(4-2-7)10-5-6-11-8/h1-9,12-17,23H,10-11,18-19H2;1-9,12-17H,10-11,18-19H2;1-10H2;1-6H2. The fraction of sp³-hybridized carbons (Fsp3) is 0.403. The molecule has 7 aliphatic rings. The molecule has 8 heteroatoms. The van der Waals surface area contributed by atoms with Crippen molar-refractivity contribution in [2.24, 2.45) is 0 Å². The topological polar surface area (TPSA) is 54.0 Å². The van der Waals surface area contributed by atoms with Crippen LogP contribution in [0.25, 0.3) is 0 Å². The second-order valence-corrected chi connectivity index (χ2v) is 34.0. The van der Waals surface area contributed by atoms with Crippen LogP contribution in [0.2, 0.25) is 0 Å². The molecule has 0 unspecified atom stereocenters. The first kappa shape index (κ1) is 54.1. The van der Waals surface area contributed by atoms with Crippen LogP contribution in [0.1, 0.15) is 128 Å². The number of benzene rings is 6. The maximum atomic E-state index is 10.9. The molecule has 0 N–H and O–H groups in total. The Morgan fingerprint density at radius 1 is 0.387 bits per heavy atom. The molecule has 2 spiro atoms. The minimum Gasteiger partial charge on any atom is -0.348 e. The van der Waals surface area contributed by atoms with Crippen LogP contribution >= 0.6 is 27.7 Å². The third kappa shape index (κ3) is 11.5. The molecular weight excluding hydrogens is 1030 g/mol. The van der Waals surface area contributed by atoms with Crippen molar-refractivity contribution >= 4 is 70.6 Å². The number of rotatable bonds is 7. The van der Waals surface area contributed by atoms with E-state index < -0.39 is 12.2 Å². The van der Waals surface area contributed by atoms with Crippen molar-refractivity contribution in [1.82, 2.24) is 0 Å². The monoisotopic (exact) mass is 1100 g/mol. The van der Waals surface area contributed by atoms with Gasteiger partial charge in [-0.1, -0.05) is 107 Å². The Kier molecular flexibility index (Phi) is 18.1. The molecule has 394 valence electrons. The predicted octanol–water partition coefficient (Wildman–Crippen LogP) is 14.5. The second-order valence-electron chi connectivity index (χ2n) is 21.6. The van der Waals surface area contributed by atoms with Gasteiger partial charge in [-0.3, -0.25) is 4.79 Å². The molecule has 0 radical (unpaired) electrons. The molecule has 0 bridgehead atoms. The molecule has 2 aliphatic heterocycles. The first-order chi connectivity index (χ1) is 36.9. The summed E-state index contributed by atoms with van der Waals surface area (Å²) in [5, 5.41) is 7.94. The van der Waals surface area contributed by atoms with Crippen LogP contribution in [0.3, 0.4) is 0 Å². The Morgan fingerprint density at radius 3 is 1.05 bits per heavy atom. The molecule has 6 aromatic rings. The van der Waals surface area contributed by atoms with Crippen LogP contribution in [0.5, 0.6) is 0 Å². The van der Waals surface area contributed by atoms with Crippen molar-refractivity contribution in [3.05, 3.63) is 193 Å². The van der Waals surface area contributed by atoms with E-state index in [1.165, 1.54) is 122 Å². The third-order valence-corrected chi connectivity index (χ3v) is 33.2. The summed E-state index contributed by atoms with van der Waals surface area (Å²) >= 11 is 4.57. The molecule has 5 nitrogen and oxygen atoms in total. The molecule has 2 saturated heterocycles. The quantitative estimate of drug-likeness (QED) is 0.118. The Morgan fingerprint density at radius 2 is 0.693 bits per heavy atom. The predicted molar refractivity (Wildman–Crippen MR) is 322 cm³/mol. The first-order valence-electron chi connectivity index (χ1n) is 28.4. The number of hydrogen-bond donors (Lipinski definition) is 0. The number of Topliss-reactive ketones (excluding diaryl/α,β-unsaturated/α-hetero) is 1. The summed E-state index contributed by atoms with van der Waals surface area (Å²) in [4.78, 5) is 10.9. The summed E-state index contributed by atoms with van der Waals surface area (Å²) < 4.78 is 22.4. The van der Waals surface area contributed by atoms with Crippen LogP contribution < -0.4 is 31.8 Å². The van der Waals surface area contributed by atoms with Gasteiger partial charge in [-0.2, -0.15) is 0 Å². The molecule has 75 heavy (non-hydrogen) atoms. The van der Waals surface area contributed by atoms with Gasteiger partial charge >= 0.3 is 159 Å². The number of allylic oxidation sites excluding steroid dienone is 2. The summed E-state index contributed by atoms with van der Waals surface area (Å²) in [6.45, 7) is 1.29. The average molecular weight is 1110 g/mol. The van der Waals surface area contributed by atoms with Gasteiger partial charge in [0.2, 0.25) is 0 Å². The Bertz CT molecular complexity index is 2600. The van der Waals surface area contributed by atoms with Gasteiger partial charge in [0.05, 0.1) is 26.4 Å². The Labute approximate surface area is 456 Å². The van der Waals surface area contributed by atoms with Gasteiger partial charge in [0.15, 0.2) is 11.6 Å². The molecule has 13 rings (SSSR count). The summed E-state index contributed by atoms with van der Waals surface area (Å²) in [5.74, 6) is -0.203. The molecule has 0 amide bonds. The van der Waals surface area contributed by atoms with E-state index >= 15 is 0 Å². The van der Waals surface area contributed by atoms with E-state index in [2.05, 4.69) is 197 Å². The molecule has 6 aromatic carbocycles. The Balaban J connectivity index is 0.000000119. The van der Waals surface area contributed by atoms with E-state index in [1.807, 2.05) is 0 Å².